The van der Waals surface area contributed by atoms with Gasteiger partial charge in [0.05, 0.1) is 6.04 Å². The highest BCUT2D eigenvalue weighted by molar-refractivity contribution is 5.75. The molecule has 1 aliphatic rings. The highest BCUT2D eigenvalue weighted by Gasteiger charge is 2.39. The van der Waals surface area contributed by atoms with Crippen molar-refractivity contribution in [1.82, 2.24) is 20.1 Å². The number of likely N-dealkylation sites (tertiary alicyclic amines) is 1. The van der Waals surface area contributed by atoms with Crippen molar-refractivity contribution in [2.45, 2.75) is 57.2 Å². The molecule has 9 nitrogen and oxygen atoms in total. The van der Waals surface area contributed by atoms with Crippen LogP contribution in [0.15, 0.2) is 24.5 Å². The molecular weight excluding hydrogens is 490 g/mol. The van der Waals surface area contributed by atoms with E-state index in [1.54, 1.807) is 0 Å². The molecule has 0 saturated carbocycles. The summed E-state index contributed by atoms with van der Waals surface area (Å²) in [6, 6.07) is 4.88. The van der Waals surface area contributed by atoms with Crippen molar-refractivity contribution in [2.24, 2.45) is 0 Å². The first-order valence-corrected chi connectivity index (χ1v) is 10.1. The monoisotopic (exact) mass is 518 g/mol. The Labute approximate surface area is 197 Å². The lowest BCUT2D eigenvalue weighted by molar-refractivity contribution is -0.193. The molecular formula is C20H28F6N4O5. The van der Waals surface area contributed by atoms with Crippen LogP contribution in [0.5, 0.6) is 0 Å². The van der Waals surface area contributed by atoms with Gasteiger partial charge in [-0.3, -0.25) is 4.98 Å². The summed E-state index contributed by atoms with van der Waals surface area (Å²) in [5.74, 6) is -5.51. The Kier molecular flexibility index (Phi) is 12.5. The number of carboxylic acids is 2. The number of carbonyl (C=O) groups is 3. The lowest BCUT2D eigenvalue weighted by Crippen LogP contribution is -2.50. The quantitative estimate of drug-likeness (QED) is 0.524. The number of hydrogen-bond donors (Lipinski definition) is 3. The average molecular weight is 518 g/mol. The topological polar surface area (TPSA) is 123 Å². The van der Waals surface area contributed by atoms with E-state index in [2.05, 4.69) is 29.3 Å². The fourth-order valence-electron chi connectivity index (χ4n) is 3.03. The molecule has 2 amide bonds. The lowest BCUT2D eigenvalue weighted by Gasteiger charge is -2.32. The Morgan fingerprint density at radius 2 is 1.49 bits per heavy atom. The summed E-state index contributed by atoms with van der Waals surface area (Å²) in [5, 5.41) is 17.3. The zero-order chi connectivity index (χ0) is 27.6. The molecule has 3 N–H and O–H groups in total. The van der Waals surface area contributed by atoms with Gasteiger partial charge < -0.3 is 25.3 Å². The van der Waals surface area contributed by atoms with Crippen molar-refractivity contribution in [3.63, 3.8) is 0 Å². The Balaban J connectivity index is 0.000000680. The molecule has 0 radical (unpaired) electrons. The van der Waals surface area contributed by atoms with E-state index < -0.39 is 24.3 Å². The summed E-state index contributed by atoms with van der Waals surface area (Å²) in [6.07, 6.45) is -4.65. The molecule has 35 heavy (non-hydrogen) atoms. The summed E-state index contributed by atoms with van der Waals surface area (Å²) in [7, 11) is 4.18. The van der Waals surface area contributed by atoms with Crippen molar-refractivity contribution in [3.05, 3.63) is 30.1 Å². The number of likely N-dealkylation sites (N-methyl/N-ethyl adjacent to an activating group) is 1. The highest BCUT2D eigenvalue weighted by atomic mass is 19.4. The van der Waals surface area contributed by atoms with Gasteiger partial charge in [0.2, 0.25) is 0 Å². The first-order valence-electron chi connectivity index (χ1n) is 10.1. The summed E-state index contributed by atoms with van der Waals surface area (Å²) < 4.78 is 63.5. The average Bonchev–Trinajstić information content (AvgIpc) is 3.11. The van der Waals surface area contributed by atoms with Crippen LogP contribution in [0, 0.1) is 0 Å². The van der Waals surface area contributed by atoms with E-state index >= 15 is 0 Å². The summed E-state index contributed by atoms with van der Waals surface area (Å²) >= 11 is 0. The van der Waals surface area contributed by atoms with E-state index in [-0.39, 0.29) is 18.1 Å². The van der Waals surface area contributed by atoms with Gasteiger partial charge in [-0.1, -0.05) is 0 Å². The molecule has 0 aliphatic carbocycles. The molecule has 15 heteroatoms. The van der Waals surface area contributed by atoms with Crippen molar-refractivity contribution in [2.75, 3.05) is 20.6 Å². The number of urea groups is 1. The van der Waals surface area contributed by atoms with E-state index in [0.29, 0.717) is 6.04 Å². The predicted octanol–water partition coefficient (Wildman–Crippen LogP) is 3.01. The lowest BCUT2D eigenvalue weighted by atomic mass is 10.0. The normalized spacial score (nSPS) is 17.8. The maximum atomic E-state index is 12.4. The standard InChI is InChI=1S/C16H26N4O.2C2HF3O2/c1-12(2)18-16(21)20-10-7-14(19(3)4)15(20)11-13-5-8-17-9-6-13;2*3-2(4,5)1(6)7/h5-6,8-9,12,14-15H,7,10-11H2,1-4H3,(H,18,21);2*(H,6,7)/t14-,15+;;/m1../s1. The van der Waals surface area contributed by atoms with Crippen LogP contribution >= 0.6 is 0 Å². The Morgan fingerprint density at radius 1 is 1.06 bits per heavy atom. The molecule has 1 aliphatic heterocycles. The summed E-state index contributed by atoms with van der Waals surface area (Å²) in [5.41, 5.74) is 1.23. The second-order valence-electron chi connectivity index (χ2n) is 7.85. The van der Waals surface area contributed by atoms with Gasteiger partial charge in [0.1, 0.15) is 0 Å². The molecule has 200 valence electrons. The first-order chi connectivity index (χ1) is 15.9. The number of amides is 2. The Bertz CT molecular complexity index is 794. The molecule has 1 aromatic rings. The zero-order valence-electron chi connectivity index (χ0n) is 19.4. The van der Waals surface area contributed by atoms with Crippen LogP contribution in [-0.4, -0.2) is 94.1 Å². The molecule has 0 spiro atoms. The number of hydrogen-bond acceptors (Lipinski definition) is 5. The molecule has 2 rings (SSSR count). The molecule has 1 aromatic heterocycles. The maximum Gasteiger partial charge on any atom is 0.490 e. The maximum absolute atomic E-state index is 12.4. The zero-order valence-corrected chi connectivity index (χ0v) is 19.4. The van der Waals surface area contributed by atoms with E-state index in [9.17, 15) is 31.1 Å². The smallest absolute Gasteiger partial charge is 0.475 e. The van der Waals surface area contributed by atoms with Gasteiger partial charge in [0.15, 0.2) is 0 Å². The minimum atomic E-state index is -5.08. The molecule has 0 unspecified atom stereocenters. The van der Waals surface area contributed by atoms with Gasteiger partial charge in [-0.15, -0.1) is 0 Å². The molecule has 1 saturated heterocycles. The number of rotatable bonds is 4. The molecule has 2 heterocycles. The van der Waals surface area contributed by atoms with Gasteiger partial charge in [0.25, 0.3) is 0 Å². The number of alkyl halides is 6. The molecule has 0 bridgehead atoms. The Morgan fingerprint density at radius 3 is 1.83 bits per heavy atom. The fraction of sp³-hybridized carbons (Fsp3) is 0.600. The number of aromatic nitrogens is 1. The van der Waals surface area contributed by atoms with Crippen molar-refractivity contribution < 1.29 is 50.9 Å². The number of nitrogens with zero attached hydrogens (tertiary/aromatic N) is 3. The van der Waals surface area contributed by atoms with Crippen LogP contribution in [-0.2, 0) is 16.0 Å². The number of pyridine rings is 1. The molecule has 2 atom stereocenters. The third kappa shape index (κ3) is 12.2. The molecule has 0 aromatic carbocycles. The number of aliphatic carboxylic acids is 2. The van der Waals surface area contributed by atoms with E-state index in [4.69, 9.17) is 19.8 Å². The largest absolute Gasteiger partial charge is 0.490 e. The van der Waals surface area contributed by atoms with Gasteiger partial charge in [-0.2, -0.15) is 26.3 Å². The van der Waals surface area contributed by atoms with Crippen LogP contribution in [0.25, 0.3) is 0 Å². The minimum Gasteiger partial charge on any atom is -0.475 e. The molecule has 1 fully saturated rings. The van der Waals surface area contributed by atoms with Gasteiger partial charge in [0, 0.05) is 31.0 Å². The van der Waals surface area contributed by atoms with Crippen molar-refractivity contribution >= 4 is 18.0 Å². The second-order valence-corrected chi connectivity index (χ2v) is 7.85. The first kappa shape index (κ1) is 31.9. The van der Waals surface area contributed by atoms with Gasteiger partial charge in [-0.25, -0.2) is 14.4 Å². The van der Waals surface area contributed by atoms with E-state index in [1.165, 1.54) is 5.56 Å². The van der Waals surface area contributed by atoms with Crippen LogP contribution < -0.4 is 5.32 Å². The highest BCUT2D eigenvalue weighted by Crippen LogP contribution is 2.25. The van der Waals surface area contributed by atoms with Gasteiger partial charge in [-0.05, 0) is 58.5 Å². The van der Waals surface area contributed by atoms with Crippen LogP contribution in [0.1, 0.15) is 25.8 Å². The van der Waals surface area contributed by atoms with Crippen LogP contribution in [0.4, 0.5) is 31.1 Å². The number of carboxylic acid groups (broad SMARTS) is 2. The summed E-state index contributed by atoms with van der Waals surface area (Å²) in [6.45, 7) is 4.81. The van der Waals surface area contributed by atoms with Crippen molar-refractivity contribution in [3.8, 4) is 0 Å². The Hall–Kier alpha value is -3.10. The van der Waals surface area contributed by atoms with Crippen LogP contribution in [0.3, 0.4) is 0 Å². The summed E-state index contributed by atoms with van der Waals surface area (Å²) in [4.78, 5) is 38.5. The predicted molar refractivity (Wildman–Crippen MR) is 112 cm³/mol. The minimum absolute atomic E-state index is 0.0495. The third-order valence-electron chi connectivity index (χ3n) is 4.53. The third-order valence-corrected chi connectivity index (χ3v) is 4.53. The number of nitrogens with one attached hydrogen (secondary N) is 1. The van der Waals surface area contributed by atoms with Crippen molar-refractivity contribution in [1.29, 1.82) is 0 Å². The van der Waals surface area contributed by atoms with Crippen LogP contribution in [0.2, 0.25) is 0 Å². The number of halogens is 6. The van der Waals surface area contributed by atoms with Gasteiger partial charge >= 0.3 is 30.3 Å². The number of carbonyl (C=O) groups excluding carboxylic acids is 1. The second kappa shape index (κ2) is 13.7. The van der Waals surface area contributed by atoms with E-state index in [1.807, 2.05) is 43.3 Å². The van der Waals surface area contributed by atoms with E-state index in [0.717, 1.165) is 19.4 Å². The SMILES string of the molecule is CC(C)NC(=O)N1CC[C@@H](N(C)C)[C@@H]1Cc1ccncc1.O=C(O)C(F)(F)F.O=C(O)C(F)(F)F. The fourth-order valence-corrected chi connectivity index (χ4v) is 3.03.